The van der Waals surface area contributed by atoms with Crippen LogP contribution in [0.3, 0.4) is 0 Å². The zero-order valence-electron chi connectivity index (χ0n) is 11.6. The second-order valence-electron chi connectivity index (χ2n) is 5.70. The highest BCUT2D eigenvalue weighted by molar-refractivity contribution is 5.79. The number of aliphatic hydroxyl groups excluding tert-OH is 2. The number of rotatable bonds is 4. The maximum atomic E-state index is 9.62. The van der Waals surface area contributed by atoms with Crippen molar-refractivity contribution in [2.24, 2.45) is 5.92 Å². The van der Waals surface area contributed by atoms with Gasteiger partial charge in [-0.25, -0.2) is 0 Å². The lowest BCUT2D eigenvalue weighted by molar-refractivity contribution is 0.0162. The number of H-pyrrole nitrogens is 1. The molecule has 2 atom stereocenters. The Morgan fingerprint density at radius 3 is 2.90 bits per heavy atom. The Balaban J connectivity index is 1.77. The largest absolute Gasteiger partial charge is 0.396 e. The molecule has 108 valence electrons. The van der Waals surface area contributed by atoms with E-state index in [1.807, 2.05) is 6.20 Å². The Hall–Kier alpha value is -1.36. The molecule has 0 saturated carbocycles. The number of fused-ring (bicyclic) bond motifs is 1. The number of nitrogens with zero attached hydrogens (tertiary/aromatic N) is 1. The molecule has 1 aliphatic heterocycles. The highest BCUT2D eigenvalue weighted by Gasteiger charge is 2.30. The maximum Gasteiger partial charge on any atom is 0.0590 e. The predicted molar refractivity (Wildman–Crippen MR) is 79.4 cm³/mol. The normalized spacial score (nSPS) is 24.3. The molecular formula is C16H22N2O2. The van der Waals surface area contributed by atoms with E-state index in [1.165, 1.54) is 10.9 Å². The maximum absolute atomic E-state index is 9.62. The molecule has 0 spiro atoms. The molecule has 4 nitrogen and oxygen atoms in total. The number of likely N-dealkylation sites (tertiary alicyclic amines) is 1. The van der Waals surface area contributed by atoms with Crippen molar-refractivity contribution in [2.45, 2.75) is 25.4 Å². The highest BCUT2D eigenvalue weighted by Crippen LogP contribution is 2.25. The number of aromatic nitrogens is 1. The SMILES string of the molecule is OC[C@@H]1CCCN(Cc2ccc3cc[nH]c3c2)[C@@H]1CO. The minimum Gasteiger partial charge on any atom is -0.396 e. The van der Waals surface area contributed by atoms with E-state index < -0.39 is 0 Å². The molecule has 1 fully saturated rings. The molecule has 3 N–H and O–H groups in total. The lowest BCUT2D eigenvalue weighted by atomic mass is 9.90. The summed E-state index contributed by atoms with van der Waals surface area (Å²) in [5.41, 5.74) is 2.40. The summed E-state index contributed by atoms with van der Waals surface area (Å²) in [7, 11) is 0. The standard InChI is InChI=1S/C16H22N2O2/c19-10-14-2-1-7-18(16(14)11-20)9-12-3-4-13-5-6-17-15(13)8-12/h3-6,8,14,16-17,19-20H,1-2,7,9-11H2/t14-,16+/m0/s1. The summed E-state index contributed by atoms with van der Waals surface area (Å²) >= 11 is 0. The average molecular weight is 274 g/mol. The van der Waals surface area contributed by atoms with Crippen LogP contribution in [0, 0.1) is 5.92 Å². The summed E-state index contributed by atoms with van der Waals surface area (Å²) in [5.74, 6) is 0.197. The van der Waals surface area contributed by atoms with Crippen molar-refractivity contribution in [3.63, 3.8) is 0 Å². The third-order valence-electron chi connectivity index (χ3n) is 4.46. The lowest BCUT2D eigenvalue weighted by Gasteiger charge is -2.39. The number of piperidine rings is 1. The molecule has 0 unspecified atom stereocenters. The van der Waals surface area contributed by atoms with Crippen molar-refractivity contribution in [3.8, 4) is 0 Å². The highest BCUT2D eigenvalue weighted by atomic mass is 16.3. The van der Waals surface area contributed by atoms with E-state index in [1.54, 1.807) is 0 Å². The zero-order chi connectivity index (χ0) is 13.9. The Bertz CT molecular complexity index is 566. The Kier molecular flexibility index (Phi) is 4.05. The topological polar surface area (TPSA) is 59.5 Å². The van der Waals surface area contributed by atoms with Crippen LogP contribution in [-0.4, -0.2) is 45.9 Å². The Morgan fingerprint density at radius 1 is 1.20 bits per heavy atom. The van der Waals surface area contributed by atoms with Crippen LogP contribution in [0.15, 0.2) is 30.5 Å². The van der Waals surface area contributed by atoms with Crippen LogP contribution >= 0.6 is 0 Å². The van der Waals surface area contributed by atoms with Crippen molar-refractivity contribution < 1.29 is 10.2 Å². The lowest BCUT2D eigenvalue weighted by Crippen LogP contribution is -2.48. The van der Waals surface area contributed by atoms with Gasteiger partial charge in [-0.1, -0.05) is 12.1 Å². The van der Waals surface area contributed by atoms with E-state index in [0.29, 0.717) is 0 Å². The van der Waals surface area contributed by atoms with Crippen molar-refractivity contribution in [3.05, 3.63) is 36.0 Å². The first kappa shape index (κ1) is 13.6. The minimum absolute atomic E-state index is 0.0769. The van der Waals surface area contributed by atoms with Gasteiger partial charge in [0.25, 0.3) is 0 Å². The van der Waals surface area contributed by atoms with Gasteiger partial charge < -0.3 is 15.2 Å². The van der Waals surface area contributed by atoms with E-state index >= 15 is 0 Å². The number of benzene rings is 1. The molecule has 0 aliphatic carbocycles. The van der Waals surface area contributed by atoms with E-state index in [4.69, 9.17) is 0 Å². The Labute approximate surface area is 119 Å². The first-order valence-electron chi connectivity index (χ1n) is 7.33. The summed E-state index contributed by atoms with van der Waals surface area (Å²) in [6, 6.07) is 8.59. The second-order valence-corrected chi connectivity index (χ2v) is 5.70. The Morgan fingerprint density at radius 2 is 2.10 bits per heavy atom. The molecule has 20 heavy (non-hydrogen) atoms. The fraction of sp³-hybridized carbons (Fsp3) is 0.500. The monoisotopic (exact) mass is 274 g/mol. The van der Waals surface area contributed by atoms with Gasteiger partial charge in [0.05, 0.1) is 6.61 Å². The molecule has 0 bridgehead atoms. The third kappa shape index (κ3) is 2.59. The fourth-order valence-electron chi connectivity index (χ4n) is 3.31. The first-order valence-corrected chi connectivity index (χ1v) is 7.33. The molecule has 2 heterocycles. The second kappa shape index (κ2) is 5.95. The van der Waals surface area contributed by atoms with Gasteiger partial charge in [-0.15, -0.1) is 0 Å². The number of aliphatic hydroxyl groups is 2. The van der Waals surface area contributed by atoms with Gasteiger partial charge >= 0.3 is 0 Å². The van der Waals surface area contributed by atoms with Gasteiger partial charge in [0, 0.05) is 30.9 Å². The molecule has 1 aromatic heterocycles. The molecule has 1 aromatic carbocycles. The summed E-state index contributed by atoms with van der Waals surface area (Å²) in [6.45, 7) is 2.11. The van der Waals surface area contributed by atoms with Gasteiger partial charge in [0.1, 0.15) is 0 Å². The van der Waals surface area contributed by atoms with E-state index in [9.17, 15) is 10.2 Å². The van der Waals surface area contributed by atoms with Crippen LogP contribution in [0.5, 0.6) is 0 Å². The summed E-state index contributed by atoms with van der Waals surface area (Å²) in [4.78, 5) is 5.53. The van der Waals surface area contributed by atoms with Crippen LogP contribution < -0.4 is 0 Å². The minimum atomic E-state index is 0.0769. The molecule has 0 amide bonds. The van der Waals surface area contributed by atoms with Gasteiger partial charge in [0.15, 0.2) is 0 Å². The summed E-state index contributed by atoms with van der Waals surface area (Å²) in [6.07, 6.45) is 4.05. The van der Waals surface area contributed by atoms with Crippen LogP contribution in [0.25, 0.3) is 10.9 Å². The number of aromatic amines is 1. The van der Waals surface area contributed by atoms with Crippen LogP contribution in [0.1, 0.15) is 18.4 Å². The predicted octanol–water partition coefficient (Wildman–Crippen LogP) is 1.73. The fourth-order valence-corrected chi connectivity index (χ4v) is 3.31. The summed E-state index contributed by atoms with van der Waals surface area (Å²) < 4.78 is 0. The summed E-state index contributed by atoms with van der Waals surface area (Å²) in [5, 5.41) is 20.3. The average Bonchev–Trinajstić information content (AvgIpc) is 2.94. The quantitative estimate of drug-likeness (QED) is 0.796. The van der Waals surface area contributed by atoms with Crippen molar-refractivity contribution in [1.82, 2.24) is 9.88 Å². The zero-order valence-corrected chi connectivity index (χ0v) is 11.6. The number of hydrogen-bond donors (Lipinski definition) is 3. The van der Waals surface area contributed by atoms with Crippen molar-refractivity contribution in [2.75, 3.05) is 19.8 Å². The van der Waals surface area contributed by atoms with E-state index in [0.717, 1.165) is 31.4 Å². The number of hydrogen-bond acceptors (Lipinski definition) is 3. The van der Waals surface area contributed by atoms with E-state index in [2.05, 4.69) is 34.1 Å². The van der Waals surface area contributed by atoms with Gasteiger partial charge in [-0.05, 0) is 48.4 Å². The first-order chi connectivity index (χ1) is 9.81. The van der Waals surface area contributed by atoms with Gasteiger partial charge in [0.2, 0.25) is 0 Å². The molecular weight excluding hydrogens is 252 g/mol. The van der Waals surface area contributed by atoms with E-state index in [-0.39, 0.29) is 25.2 Å². The van der Waals surface area contributed by atoms with Crippen LogP contribution in [-0.2, 0) is 6.54 Å². The molecule has 2 aromatic rings. The molecule has 0 radical (unpaired) electrons. The van der Waals surface area contributed by atoms with Crippen LogP contribution in [0.2, 0.25) is 0 Å². The van der Waals surface area contributed by atoms with Gasteiger partial charge in [-0.3, -0.25) is 4.90 Å². The smallest absolute Gasteiger partial charge is 0.0590 e. The van der Waals surface area contributed by atoms with Crippen molar-refractivity contribution in [1.29, 1.82) is 0 Å². The number of nitrogens with one attached hydrogen (secondary N) is 1. The van der Waals surface area contributed by atoms with Crippen LogP contribution in [0.4, 0.5) is 0 Å². The van der Waals surface area contributed by atoms with Crippen molar-refractivity contribution >= 4 is 10.9 Å². The molecule has 1 aliphatic rings. The molecule has 3 rings (SSSR count). The third-order valence-corrected chi connectivity index (χ3v) is 4.46. The molecule has 1 saturated heterocycles. The molecule has 4 heteroatoms. The van der Waals surface area contributed by atoms with Gasteiger partial charge in [-0.2, -0.15) is 0 Å².